The number of primary amides is 1. The second-order valence-corrected chi connectivity index (χ2v) is 5.55. The van der Waals surface area contributed by atoms with Gasteiger partial charge in [0.05, 0.1) is 10.6 Å². The zero-order valence-corrected chi connectivity index (χ0v) is 12.9. The van der Waals surface area contributed by atoms with Gasteiger partial charge < -0.3 is 15.4 Å². The SMILES string of the molecule is CCCn1c(CO)nnc1Sc1ncc(C(N)=O)cc1Cl. The number of aliphatic hydroxyl groups is 1. The smallest absolute Gasteiger partial charge is 0.250 e. The van der Waals surface area contributed by atoms with Crippen LogP contribution in [-0.4, -0.2) is 30.8 Å². The fraction of sp³-hybridized carbons (Fsp3) is 0.333. The van der Waals surface area contributed by atoms with E-state index in [2.05, 4.69) is 15.2 Å². The van der Waals surface area contributed by atoms with Crippen molar-refractivity contribution in [2.45, 2.75) is 36.7 Å². The minimum absolute atomic E-state index is 0.185. The van der Waals surface area contributed by atoms with E-state index < -0.39 is 5.91 Å². The summed E-state index contributed by atoms with van der Waals surface area (Å²) in [6, 6.07) is 1.46. The summed E-state index contributed by atoms with van der Waals surface area (Å²) in [6.07, 6.45) is 2.24. The first-order chi connectivity index (χ1) is 10.1. The zero-order valence-electron chi connectivity index (χ0n) is 11.3. The van der Waals surface area contributed by atoms with Crippen LogP contribution in [0.25, 0.3) is 0 Å². The molecule has 2 aromatic heterocycles. The van der Waals surface area contributed by atoms with E-state index in [-0.39, 0.29) is 12.2 Å². The Hall–Kier alpha value is -1.64. The van der Waals surface area contributed by atoms with E-state index in [1.165, 1.54) is 24.0 Å². The second-order valence-electron chi connectivity index (χ2n) is 4.19. The molecular weight excluding hydrogens is 314 g/mol. The Bertz CT molecular complexity index is 661. The number of hydrogen-bond acceptors (Lipinski definition) is 6. The van der Waals surface area contributed by atoms with Gasteiger partial charge in [0.2, 0.25) is 5.91 Å². The Morgan fingerprint density at radius 3 is 2.86 bits per heavy atom. The minimum Gasteiger partial charge on any atom is -0.388 e. The van der Waals surface area contributed by atoms with Gasteiger partial charge in [-0.1, -0.05) is 18.5 Å². The molecule has 2 rings (SSSR count). The van der Waals surface area contributed by atoms with Crippen LogP contribution in [0.1, 0.15) is 29.5 Å². The molecule has 9 heteroatoms. The summed E-state index contributed by atoms with van der Waals surface area (Å²) in [5.74, 6) is -0.0955. The third-order valence-corrected chi connectivity index (χ3v) is 4.07. The molecule has 2 heterocycles. The van der Waals surface area contributed by atoms with Crippen LogP contribution in [0, 0.1) is 0 Å². The minimum atomic E-state index is -0.585. The second kappa shape index (κ2) is 6.88. The zero-order chi connectivity index (χ0) is 15.4. The number of aromatic nitrogens is 4. The first kappa shape index (κ1) is 15.7. The molecule has 0 aliphatic heterocycles. The van der Waals surface area contributed by atoms with Gasteiger partial charge in [-0.3, -0.25) is 4.79 Å². The molecule has 0 bridgehead atoms. The monoisotopic (exact) mass is 327 g/mol. The molecule has 112 valence electrons. The van der Waals surface area contributed by atoms with E-state index in [0.717, 1.165) is 6.42 Å². The lowest BCUT2D eigenvalue weighted by atomic mass is 10.3. The lowest BCUT2D eigenvalue weighted by Gasteiger charge is -2.08. The lowest BCUT2D eigenvalue weighted by Crippen LogP contribution is -2.11. The Balaban J connectivity index is 2.30. The number of nitrogens with two attached hydrogens (primary N) is 1. The van der Waals surface area contributed by atoms with E-state index in [9.17, 15) is 9.90 Å². The van der Waals surface area contributed by atoms with Gasteiger partial charge in [-0.2, -0.15) is 0 Å². The molecule has 3 N–H and O–H groups in total. The average Bonchev–Trinajstić information content (AvgIpc) is 2.83. The van der Waals surface area contributed by atoms with Crippen LogP contribution in [0.15, 0.2) is 22.4 Å². The van der Waals surface area contributed by atoms with Crippen molar-refractivity contribution < 1.29 is 9.90 Å². The van der Waals surface area contributed by atoms with Gasteiger partial charge in [0.1, 0.15) is 11.6 Å². The van der Waals surface area contributed by atoms with Crippen molar-refractivity contribution in [3.8, 4) is 0 Å². The van der Waals surface area contributed by atoms with E-state index in [1.807, 2.05) is 11.5 Å². The Kier molecular flexibility index (Phi) is 5.16. The molecule has 2 aromatic rings. The normalized spacial score (nSPS) is 10.8. The molecule has 0 fully saturated rings. The topological polar surface area (TPSA) is 107 Å². The number of pyridine rings is 1. The van der Waals surface area contributed by atoms with E-state index in [4.69, 9.17) is 17.3 Å². The van der Waals surface area contributed by atoms with Crippen molar-refractivity contribution >= 4 is 29.3 Å². The summed E-state index contributed by atoms with van der Waals surface area (Å²) >= 11 is 7.32. The first-order valence-corrected chi connectivity index (χ1v) is 7.42. The number of carbonyl (C=O) groups is 1. The van der Waals surface area contributed by atoms with Gasteiger partial charge in [-0.25, -0.2) is 4.98 Å². The average molecular weight is 328 g/mol. The van der Waals surface area contributed by atoms with E-state index >= 15 is 0 Å². The summed E-state index contributed by atoms with van der Waals surface area (Å²) in [6.45, 7) is 2.51. The molecule has 0 radical (unpaired) electrons. The predicted molar refractivity (Wildman–Crippen MR) is 78.1 cm³/mol. The maximum atomic E-state index is 11.1. The fourth-order valence-corrected chi connectivity index (χ4v) is 2.79. The third-order valence-electron chi connectivity index (χ3n) is 2.66. The van der Waals surface area contributed by atoms with Crippen LogP contribution in [0.3, 0.4) is 0 Å². The maximum Gasteiger partial charge on any atom is 0.250 e. The van der Waals surface area contributed by atoms with Crippen molar-refractivity contribution in [2.24, 2.45) is 5.73 Å². The Labute approximate surface area is 130 Å². The molecule has 0 aromatic carbocycles. The molecular formula is C12H14ClN5O2S. The van der Waals surface area contributed by atoms with Crippen molar-refractivity contribution in [1.82, 2.24) is 19.7 Å². The molecule has 0 aliphatic carbocycles. The standard InChI is InChI=1S/C12H14ClN5O2S/c1-2-3-18-9(6-19)16-17-12(18)21-11-8(13)4-7(5-15-11)10(14)20/h4-5,19H,2-3,6H2,1H3,(H2,14,20). The molecule has 0 unspecified atom stereocenters. The predicted octanol–water partition coefficient (Wildman–Crippen LogP) is 1.48. The number of carbonyl (C=O) groups excluding carboxylic acids is 1. The summed E-state index contributed by atoms with van der Waals surface area (Å²) in [5, 5.41) is 18.6. The van der Waals surface area contributed by atoms with Crippen molar-refractivity contribution in [1.29, 1.82) is 0 Å². The van der Waals surface area contributed by atoms with Crippen LogP contribution in [-0.2, 0) is 13.2 Å². The first-order valence-electron chi connectivity index (χ1n) is 6.23. The maximum absolute atomic E-state index is 11.1. The van der Waals surface area contributed by atoms with Crippen LogP contribution in [0.4, 0.5) is 0 Å². The van der Waals surface area contributed by atoms with Crippen molar-refractivity contribution in [3.05, 3.63) is 28.7 Å². The summed E-state index contributed by atoms with van der Waals surface area (Å²) < 4.78 is 1.81. The third kappa shape index (κ3) is 3.52. The van der Waals surface area contributed by atoms with Gasteiger partial charge in [0, 0.05) is 12.7 Å². The summed E-state index contributed by atoms with van der Waals surface area (Å²) in [7, 11) is 0. The lowest BCUT2D eigenvalue weighted by molar-refractivity contribution is 0.1000. The molecule has 7 nitrogen and oxygen atoms in total. The van der Waals surface area contributed by atoms with E-state index in [1.54, 1.807) is 0 Å². The largest absolute Gasteiger partial charge is 0.388 e. The molecule has 0 aliphatic rings. The Morgan fingerprint density at radius 2 is 2.29 bits per heavy atom. The number of hydrogen-bond donors (Lipinski definition) is 2. The Morgan fingerprint density at radius 1 is 1.52 bits per heavy atom. The number of nitrogens with zero attached hydrogens (tertiary/aromatic N) is 4. The highest BCUT2D eigenvalue weighted by molar-refractivity contribution is 7.99. The summed E-state index contributed by atoms with van der Waals surface area (Å²) in [5.41, 5.74) is 5.42. The van der Waals surface area contributed by atoms with Crippen molar-refractivity contribution in [3.63, 3.8) is 0 Å². The molecule has 0 saturated heterocycles. The van der Waals surface area contributed by atoms with E-state index in [0.29, 0.717) is 27.6 Å². The van der Waals surface area contributed by atoms with Gasteiger partial charge in [0.25, 0.3) is 0 Å². The van der Waals surface area contributed by atoms with Crippen LogP contribution in [0.2, 0.25) is 5.02 Å². The van der Waals surface area contributed by atoms with Crippen LogP contribution >= 0.6 is 23.4 Å². The molecule has 0 spiro atoms. The molecule has 1 amide bonds. The number of rotatable bonds is 6. The van der Waals surface area contributed by atoms with Gasteiger partial charge in [-0.05, 0) is 24.2 Å². The van der Waals surface area contributed by atoms with Crippen LogP contribution < -0.4 is 5.73 Å². The molecule has 0 atom stereocenters. The molecule has 21 heavy (non-hydrogen) atoms. The van der Waals surface area contributed by atoms with Crippen LogP contribution in [0.5, 0.6) is 0 Å². The highest BCUT2D eigenvalue weighted by Gasteiger charge is 2.15. The summed E-state index contributed by atoms with van der Waals surface area (Å²) in [4.78, 5) is 15.2. The quantitative estimate of drug-likeness (QED) is 0.832. The number of halogens is 1. The van der Waals surface area contributed by atoms with Gasteiger partial charge >= 0.3 is 0 Å². The van der Waals surface area contributed by atoms with Crippen molar-refractivity contribution in [2.75, 3.05) is 0 Å². The highest BCUT2D eigenvalue weighted by Crippen LogP contribution is 2.31. The number of aliphatic hydroxyl groups excluding tert-OH is 1. The number of amides is 1. The van der Waals surface area contributed by atoms with Gasteiger partial charge in [-0.15, -0.1) is 10.2 Å². The fourth-order valence-electron chi connectivity index (χ4n) is 1.68. The highest BCUT2D eigenvalue weighted by atomic mass is 35.5. The molecule has 0 saturated carbocycles. The van der Waals surface area contributed by atoms with Gasteiger partial charge in [0.15, 0.2) is 11.0 Å².